The van der Waals surface area contributed by atoms with Crippen molar-refractivity contribution < 1.29 is 9.52 Å². The van der Waals surface area contributed by atoms with E-state index in [2.05, 4.69) is 4.98 Å². The van der Waals surface area contributed by atoms with Crippen LogP contribution in [0.3, 0.4) is 0 Å². The van der Waals surface area contributed by atoms with Crippen LogP contribution in [0.5, 0.6) is 0 Å². The molecule has 0 aliphatic heterocycles. The molecule has 0 saturated carbocycles. The zero-order valence-electron chi connectivity index (χ0n) is 14.8. The van der Waals surface area contributed by atoms with Gasteiger partial charge in [-0.05, 0) is 36.4 Å². The molecule has 0 aliphatic carbocycles. The summed E-state index contributed by atoms with van der Waals surface area (Å²) in [5.74, 6) is 0.387. The van der Waals surface area contributed by atoms with E-state index in [0.717, 1.165) is 5.56 Å². The number of furan rings is 1. The van der Waals surface area contributed by atoms with Gasteiger partial charge in [0.25, 0.3) is 0 Å². The summed E-state index contributed by atoms with van der Waals surface area (Å²) in [4.78, 5) is 4.48. The molecule has 4 rings (SSSR count). The van der Waals surface area contributed by atoms with Crippen LogP contribution in [0.25, 0.3) is 33.9 Å². The van der Waals surface area contributed by atoms with Crippen molar-refractivity contribution in [2.45, 2.75) is 0 Å². The molecule has 0 amide bonds. The van der Waals surface area contributed by atoms with Gasteiger partial charge >= 0.3 is 0 Å². The average molecular weight is 439 g/mol. The van der Waals surface area contributed by atoms with Crippen LogP contribution in [0.1, 0.15) is 10.8 Å². The van der Waals surface area contributed by atoms with E-state index in [1.54, 1.807) is 30.3 Å². The molecular formula is C22H12Cl2N2O2S. The minimum atomic E-state index is -0.275. The van der Waals surface area contributed by atoms with Crippen molar-refractivity contribution in [1.29, 1.82) is 5.26 Å². The highest BCUT2D eigenvalue weighted by atomic mass is 35.5. The number of thiazole rings is 1. The van der Waals surface area contributed by atoms with Crippen LogP contribution in [0.15, 0.2) is 70.5 Å². The molecule has 4 nitrogen and oxygen atoms in total. The summed E-state index contributed by atoms with van der Waals surface area (Å²) in [7, 11) is 0. The topological polar surface area (TPSA) is 70.0 Å². The Kier molecular flexibility index (Phi) is 5.41. The lowest BCUT2D eigenvalue weighted by atomic mass is 10.2. The van der Waals surface area contributed by atoms with E-state index in [4.69, 9.17) is 27.6 Å². The number of nitriles is 1. The minimum Gasteiger partial charge on any atom is -0.503 e. The van der Waals surface area contributed by atoms with Crippen molar-refractivity contribution in [3.05, 3.63) is 86.9 Å². The third-order valence-electron chi connectivity index (χ3n) is 4.19. The Morgan fingerprint density at radius 1 is 1.03 bits per heavy atom. The number of rotatable bonds is 4. The molecule has 7 heteroatoms. The predicted molar refractivity (Wildman–Crippen MR) is 117 cm³/mol. The molecule has 0 fully saturated rings. The molecule has 2 aromatic heterocycles. The number of aromatic nitrogens is 1. The molecule has 4 aromatic rings. The standard InChI is InChI=1S/C22H12Cl2N2O2S/c23-14-7-5-13(6-8-14)18-12-29-22(26-18)16(11-25)21(27)20-10-9-19(28-20)15-3-1-2-4-17(15)24/h1-10,12,27H/b21-16-. The summed E-state index contributed by atoms with van der Waals surface area (Å²) in [6.45, 7) is 0. The molecule has 0 bridgehead atoms. The van der Waals surface area contributed by atoms with Crippen molar-refractivity contribution >= 4 is 45.9 Å². The highest BCUT2D eigenvalue weighted by Crippen LogP contribution is 2.34. The number of nitrogens with zero attached hydrogens (tertiary/aromatic N) is 2. The van der Waals surface area contributed by atoms with Crippen LogP contribution >= 0.6 is 34.5 Å². The summed E-state index contributed by atoms with van der Waals surface area (Å²) in [5, 5.41) is 23.7. The average Bonchev–Trinajstić information content (AvgIpc) is 3.40. The van der Waals surface area contributed by atoms with Crippen LogP contribution in [0, 0.1) is 11.3 Å². The molecule has 0 radical (unpaired) electrons. The molecule has 0 aliphatic rings. The van der Waals surface area contributed by atoms with Crippen LogP contribution < -0.4 is 0 Å². The highest BCUT2D eigenvalue weighted by Gasteiger charge is 2.18. The maximum atomic E-state index is 10.7. The number of hydrogen-bond donors (Lipinski definition) is 1. The monoisotopic (exact) mass is 438 g/mol. The second kappa shape index (κ2) is 8.14. The van der Waals surface area contributed by atoms with Gasteiger partial charge in [0.05, 0.1) is 10.7 Å². The summed E-state index contributed by atoms with van der Waals surface area (Å²) >= 11 is 13.4. The van der Waals surface area contributed by atoms with Crippen molar-refractivity contribution in [3.63, 3.8) is 0 Å². The second-order valence-electron chi connectivity index (χ2n) is 6.02. The maximum absolute atomic E-state index is 10.7. The maximum Gasteiger partial charge on any atom is 0.179 e. The number of benzene rings is 2. The lowest BCUT2D eigenvalue weighted by molar-refractivity contribution is 0.466. The Morgan fingerprint density at radius 2 is 1.79 bits per heavy atom. The minimum absolute atomic E-state index is 0.0373. The van der Waals surface area contributed by atoms with E-state index >= 15 is 0 Å². The highest BCUT2D eigenvalue weighted by molar-refractivity contribution is 7.11. The lowest BCUT2D eigenvalue weighted by Crippen LogP contribution is -1.89. The number of halogens is 2. The molecule has 2 heterocycles. The van der Waals surface area contributed by atoms with E-state index < -0.39 is 0 Å². The van der Waals surface area contributed by atoms with Crippen molar-refractivity contribution in [3.8, 4) is 28.7 Å². The first-order valence-electron chi connectivity index (χ1n) is 8.47. The van der Waals surface area contributed by atoms with Gasteiger partial charge in [-0.2, -0.15) is 5.26 Å². The molecule has 0 saturated heterocycles. The molecule has 142 valence electrons. The Balaban J connectivity index is 1.70. The van der Waals surface area contributed by atoms with E-state index in [1.807, 2.05) is 41.8 Å². The van der Waals surface area contributed by atoms with E-state index in [9.17, 15) is 10.4 Å². The smallest absolute Gasteiger partial charge is 0.179 e. The summed E-state index contributed by atoms with van der Waals surface area (Å²) in [6, 6.07) is 19.8. The Hall–Kier alpha value is -3.04. The Bertz CT molecular complexity index is 1250. The SMILES string of the molecule is N#C/C(=C(/O)c1ccc(-c2ccccc2Cl)o1)c1nc(-c2ccc(Cl)cc2)cs1. The van der Waals surface area contributed by atoms with Crippen molar-refractivity contribution in [2.75, 3.05) is 0 Å². The number of aliphatic hydroxyl groups excluding tert-OH is 1. The summed E-state index contributed by atoms with van der Waals surface area (Å²) in [6.07, 6.45) is 0. The van der Waals surface area contributed by atoms with E-state index in [1.165, 1.54) is 11.3 Å². The van der Waals surface area contributed by atoms with Crippen molar-refractivity contribution in [2.24, 2.45) is 0 Å². The number of hydrogen-bond acceptors (Lipinski definition) is 5. The van der Waals surface area contributed by atoms with Gasteiger partial charge in [0.1, 0.15) is 22.4 Å². The summed E-state index contributed by atoms with van der Waals surface area (Å²) < 4.78 is 5.74. The van der Waals surface area contributed by atoms with Crippen LogP contribution in [0.2, 0.25) is 10.0 Å². The molecule has 0 atom stereocenters. The van der Waals surface area contributed by atoms with Crippen LogP contribution in [-0.2, 0) is 0 Å². The molecule has 0 spiro atoms. The normalized spacial score (nSPS) is 11.8. The number of aliphatic hydroxyl groups is 1. The molecule has 1 N–H and O–H groups in total. The largest absolute Gasteiger partial charge is 0.503 e. The van der Waals surface area contributed by atoms with Crippen molar-refractivity contribution in [1.82, 2.24) is 4.98 Å². The molecular weight excluding hydrogens is 427 g/mol. The molecule has 29 heavy (non-hydrogen) atoms. The van der Waals surface area contributed by atoms with Crippen LogP contribution in [0.4, 0.5) is 0 Å². The fourth-order valence-electron chi connectivity index (χ4n) is 2.74. The predicted octanol–water partition coefficient (Wildman–Crippen LogP) is 7.33. The Morgan fingerprint density at radius 3 is 2.52 bits per heavy atom. The fraction of sp³-hybridized carbons (Fsp3) is 0. The second-order valence-corrected chi connectivity index (χ2v) is 7.73. The van der Waals surface area contributed by atoms with E-state index in [-0.39, 0.29) is 17.1 Å². The first-order chi connectivity index (χ1) is 14.1. The summed E-state index contributed by atoms with van der Waals surface area (Å²) in [5.41, 5.74) is 2.30. The zero-order chi connectivity index (χ0) is 20.4. The quantitative estimate of drug-likeness (QED) is 0.267. The first-order valence-corrected chi connectivity index (χ1v) is 10.1. The number of allylic oxidation sites excluding steroid dienone is 1. The van der Waals surface area contributed by atoms with Gasteiger partial charge in [-0.3, -0.25) is 0 Å². The van der Waals surface area contributed by atoms with Gasteiger partial charge in [0.15, 0.2) is 11.5 Å². The van der Waals surface area contributed by atoms with Gasteiger partial charge < -0.3 is 9.52 Å². The van der Waals surface area contributed by atoms with Gasteiger partial charge in [0.2, 0.25) is 0 Å². The lowest BCUT2D eigenvalue weighted by Gasteiger charge is -2.01. The molecule has 0 unspecified atom stereocenters. The van der Waals surface area contributed by atoms with Gasteiger partial charge in [-0.25, -0.2) is 4.98 Å². The van der Waals surface area contributed by atoms with Crippen LogP contribution in [-0.4, -0.2) is 10.1 Å². The van der Waals surface area contributed by atoms with Gasteiger partial charge in [-0.1, -0.05) is 47.5 Å². The van der Waals surface area contributed by atoms with Gasteiger partial charge in [0, 0.05) is 21.5 Å². The third kappa shape index (κ3) is 3.92. The van der Waals surface area contributed by atoms with Gasteiger partial charge in [-0.15, -0.1) is 11.3 Å². The first kappa shape index (κ1) is 19.3. The zero-order valence-corrected chi connectivity index (χ0v) is 17.1. The molecule has 2 aromatic carbocycles. The Labute approximate surface area is 180 Å². The third-order valence-corrected chi connectivity index (χ3v) is 5.63. The van der Waals surface area contributed by atoms with E-state index in [0.29, 0.717) is 32.1 Å². The fourth-order valence-corrected chi connectivity index (χ4v) is 3.92.